The maximum Gasteiger partial charge on any atom is 0.115 e. The molecule has 0 amide bonds. The Balaban J connectivity index is 2.24. The average Bonchev–Trinajstić information content (AvgIpc) is 2.06. The molecule has 0 unspecified atom stereocenters. The highest BCUT2D eigenvalue weighted by Gasteiger charge is 2.26. The van der Waals surface area contributed by atoms with Crippen molar-refractivity contribution >= 4 is 15.9 Å². The standard InChI is InChI=1S/C11H14BrNO/c12-10-5-4-8(14)6-9(10)11(13)7-2-1-3-7/h4-7,11,14H,1-3,13H2/t11-/m0/s1. The minimum absolute atomic E-state index is 0.0604. The summed E-state index contributed by atoms with van der Waals surface area (Å²) >= 11 is 3.46. The molecule has 1 aliphatic carbocycles. The molecule has 2 nitrogen and oxygen atoms in total. The SMILES string of the molecule is N[C@H](c1cc(O)ccc1Br)C1CCC1. The topological polar surface area (TPSA) is 46.2 Å². The first-order valence-electron chi connectivity index (χ1n) is 4.92. The second kappa shape index (κ2) is 3.91. The zero-order valence-electron chi connectivity index (χ0n) is 7.91. The van der Waals surface area contributed by atoms with E-state index in [4.69, 9.17) is 5.73 Å². The van der Waals surface area contributed by atoms with Gasteiger partial charge in [-0.25, -0.2) is 0 Å². The fourth-order valence-electron chi connectivity index (χ4n) is 1.84. The number of halogens is 1. The van der Waals surface area contributed by atoms with Gasteiger partial charge in [0.15, 0.2) is 0 Å². The van der Waals surface area contributed by atoms with E-state index < -0.39 is 0 Å². The molecule has 3 N–H and O–H groups in total. The van der Waals surface area contributed by atoms with E-state index in [1.807, 2.05) is 6.07 Å². The zero-order valence-corrected chi connectivity index (χ0v) is 9.50. The van der Waals surface area contributed by atoms with Crippen LogP contribution in [0.2, 0.25) is 0 Å². The summed E-state index contributed by atoms with van der Waals surface area (Å²) < 4.78 is 0.995. The fraction of sp³-hybridized carbons (Fsp3) is 0.455. The number of hydrogen-bond acceptors (Lipinski definition) is 2. The largest absolute Gasteiger partial charge is 0.508 e. The van der Waals surface area contributed by atoms with Crippen LogP contribution in [0.5, 0.6) is 5.75 Å². The van der Waals surface area contributed by atoms with Crippen molar-refractivity contribution in [1.82, 2.24) is 0 Å². The van der Waals surface area contributed by atoms with E-state index in [2.05, 4.69) is 15.9 Å². The van der Waals surface area contributed by atoms with Crippen LogP contribution in [0.1, 0.15) is 30.9 Å². The molecule has 1 saturated carbocycles. The van der Waals surface area contributed by atoms with E-state index in [-0.39, 0.29) is 11.8 Å². The third-order valence-electron chi connectivity index (χ3n) is 3.00. The van der Waals surface area contributed by atoms with Crippen LogP contribution in [0.4, 0.5) is 0 Å². The highest BCUT2D eigenvalue weighted by atomic mass is 79.9. The molecule has 0 bridgehead atoms. The van der Waals surface area contributed by atoms with Crippen LogP contribution in [0.3, 0.4) is 0 Å². The lowest BCUT2D eigenvalue weighted by Gasteiger charge is -2.32. The van der Waals surface area contributed by atoms with Crippen molar-refractivity contribution in [3.8, 4) is 5.75 Å². The fourth-order valence-corrected chi connectivity index (χ4v) is 2.35. The molecule has 0 saturated heterocycles. The highest BCUT2D eigenvalue weighted by Crippen LogP contribution is 2.39. The summed E-state index contributed by atoms with van der Waals surface area (Å²) in [6.07, 6.45) is 3.71. The van der Waals surface area contributed by atoms with Gasteiger partial charge in [-0.3, -0.25) is 0 Å². The first-order valence-corrected chi connectivity index (χ1v) is 5.72. The van der Waals surface area contributed by atoms with Crippen molar-refractivity contribution < 1.29 is 5.11 Å². The van der Waals surface area contributed by atoms with Crippen molar-refractivity contribution in [1.29, 1.82) is 0 Å². The maximum absolute atomic E-state index is 9.38. The number of hydrogen-bond donors (Lipinski definition) is 2. The number of phenolic OH excluding ortho intramolecular Hbond substituents is 1. The molecule has 3 heteroatoms. The van der Waals surface area contributed by atoms with Crippen molar-refractivity contribution in [2.75, 3.05) is 0 Å². The van der Waals surface area contributed by atoms with Crippen LogP contribution in [0, 0.1) is 5.92 Å². The van der Waals surface area contributed by atoms with Gasteiger partial charge >= 0.3 is 0 Å². The predicted molar refractivity (Wildman–Crippen MR) is 60.1 cm³/mol. The van der Waals surface area contributed by atoms with Gasteiger partial charge in [0.2, 0.25) is 0 Å². The summed E-state index contributed by atoms with van der Waals surface area (Å²) in [4.78, 5) is 0. The molecular weight excluding hydrogens is 242 g/mol. The molecule has 1 aliphatic rings. The minimum atomic E-state index is 0.0604. The molecule has 2 rings (SSSR count). The summed E-state index contributed by atoms with van der Waals surface area (Å²) in [6, 6.07) is 5.34. The Bertz CT molecular complexity index is 336. The Labute approximate surface area is 92.3 Å². The Morgan fingerprint density at radius 1 is 1.43 bits per heavy atom. The third kappa shape index (κ3) is 1.79. The van der Waals surface area contributed by atoms with E-state index >= 15 is 0 Å². The van der Waals surface area contributed by atoms with Gasteiger partial charge in [-0.05, 0) is 42.5 Å². The van der Waals surface area contributed by atoms with Gasteiger partial charge in [0.25, 0.3) is 0 Å². The molecule has 14 heavy (non-hydrogen) atoms. The first-order chi connectivity index (χ1) is 6.68. The zero-order chi connectivity index (χ0) is 10.1. The van der Waals surface area contributed by atoms with E-state index in [0.29, 0.717) is 5.92 Å². The van der Waals surface area contributed by atoms with Gasteiger partial charge in [-0.1, -0.05) is 22.4 Å². The first kappa shape index (κ1) is 9.99. The van der Waals surface area contributed by atoms with E-state index in [0.717, 1.165) is 10.0 Å². The van der Waals surface area contributed by atoms with Crippen LogP contribution in [0.25, 0.3) is 0 Å². The van der Waals surface area contributed by atoms with E-state index in [1.165, 1.54) is 19.3 Å². The van der Waals surface area contributed by atoms with Gasteiger partial charge in [-0.15, -0.1) is 0 Å². The van der Waals surface area contributed by atoms with Gasteiger partial charge < -0.3 is 10.8 Å². The highest BCUT2D eigenvalue weighted by molar-refractivity contribution is 9.10. The van der Waals surface area contributed by atoms with Crippen LogP contribution in [-0.4, -0.2) is 5.11 Å². The van der Waals surface area contributed by atoms with Gasteiger partial charge in [0.05, 0.1) is 0 Å². The molecule has 1 fully saturated rings. The Morgan fingerprint density at radius 2 is 2.14 bits per heavy atom. The summed E-state index contributed by atoms with van der Waals surface area (Å²) in [6.45, 7) is 0. The number of aromatic hydroxyl groups is 1. The number of benzene rings is 1. The van der Waals surface area contributed by atoms with Crippen LogP contribution < -0.4 is 5.73 Å². The minimum Gasteiger partial charge on any atom is -0.508 e. The summed E-state index contributed by atoms with van der Waals surface area (Å²) in [7, 11) is 0. The normalized spacial score (nSPS) is 19.0. The van der Waals surface area contributed by atoms with Gasteiger partial charge in [-0.2, -0.15) is 0 Å². The van der Waals surface area contributed by atoms with Crippen LogP contribution >= 0.6 is 15.9 Å². The van der Waals surface area contributed by atoms with Gasteiger partial charge in [0, 0.05) is 10.5 Å². The Kier molecular flexibility index (Phi) is 2.79. The molecule has 0 radical (unpaired) electrons. The molecule has 1 aromatic rings. The van der Waals surface area contributed by atoms with Crippen LogP contribution in [-0.2, 0) is 0 Å². The van der Waals surface area contributed by atoms with E-state index in [9.17, 15) is 5.11 Å². The second-order valence-electron chi connectivity index (χ2n) is 3.92. The molecule has 0 spiro atoms. The van der Waals surface area contributed by atoms with Crippen molar-refractivity contribution in [3.05, 3.63) is 28.2 Å². The Hall–Kier alpha value is -0.540. The molecule has 1 aromatic carbocycles. The summed E-state index contributed by atoms with van der Waals surface area (Å²) in [5.74, 6) is 0.881. The van der Waals surface area contributed by atoms with Gasteiger partial charge in [0.1, 0.15) is 5.75 Å². The lowest BCUT2D eigenvalue weighted by molar-refractivity contribution is 0.263. The van der Waals surface area contributed by atoms with Crippen molar-refractivity contribution in [2.45, 2.75) is 25.3 Å². The molecule has 1 atom stereocenters. The third-order valence-corrected chi connectivity index (χ3v) is 3.72. The summed E-state index contributed by atoms with van der Waals surface area (Å²) in [5, 5.41) is 9.38. The van der Waals surface area contributed by atoms with Crippen LogP contribution in [0.15, 0.2) is 22.7 Å². The monoisotopic (exact) mass is 255 g/mol. The quantitative estimate of drug-likeness (QED) is 0.854. The summed E-state index contributed by atoms with van der Waals surface area (Å²) in [5.41, 5.74) is 7.15. The Morgan fingerprint density at radius 3 is 2.71 bits per heavy atom. The lowest BCUT2D eigenvalue weighted by Crippen LogP contribution is -2.27. The average molecular weight is 256 g/mol. The predicted octanol–water partition coefficient (Wildman–Crippen LogP) is 2.95. The molecule has 0 aliphatic heterocycles. The number of phenols is 1. The maximum atomic E-state index is 9.38. The molecule has 0 heterocycles. The smallest absolute Gasteiger partial charge is 0.115 e. The van der Waals surface area contributed by atoms with Crippen molar-refractivity contribution in [2.24, 2.45) is 11.7 Å². The molecule has 76 valence electrons. The number of rotatable bonds is 2. The molecule has 0 aromatic heterocycles. The molecular formula is C11H14BrNO. The number of nitrogens with two attached hydrogens (primary N) is 1. The van der Waals surface area contributed by atoms with E-state index in [1.54, 1.807) is 12.1 Å². The second-order valence-corrected chi connectivity index (χ2v) is 4.78. The lowest BCUT2D eigenvalue weighted by atomic mass is 9.77. The van der Waals surface area contributed by atoms with Crippen molar-refractivity contribution in [3.63, 3.8) is 0 Å².